The van der Waals surface area contributed by atoms with Crippen molar-refractivity contribution < 1.29 is 29.7 Å². The van der Waals surface area contributed by atoms with Crippen LogP contribution in [-0.2, 0) is 17.9 Å². The second kappa shape index (κ2) is 11.3. The van der Waals surface area contributed by atoms with Crippen LogP contribution in [0.15, 0.2) is 47.3 Å². The standard InChI is InChI=1S/C23H18Cl3N3O7/c24-13-5-2-1-4-11(13)10-29-22(35)17(19(32)18(23(29)36)21(34)28-9-16(30)31)20(33)27-8-12-14(25)6-3-7-15(12)26/h1-7,32,35H,8-10H2,(H,27,33)(H,28,34)(H,30,31). The quantitative estimate of drug-likeness (QED) is 0.286. The van der Waals surface area contributed by atoms with E-state index in [2.05, 4.69) is 5.32 Å². The first-order valence-electron chi connectivity index (χ1n) is 10.2. The molecule has 0 radical (unpaired) electrons. The molecule has 2 aromatic carbocycles. The van der Waals surface area contributed by atoms with Crippen molar-refractivity contribution in [2.45, 2.75) is 13.1 Å². The molecule has 0 unspecified atom stereocenters. The van der Waals surface area contributed by atoms with E-state index < -0.39 is 52.6 Å². The molecule has 3 aromatic rings. The predicted molar refractivity (Wildman–Crippen MR) is 132 cm³/mol. The summed E-state index contributed by atoms with van der Waals surface area (Å²) in [5.41, 5.74) is -2.23. The highest BCUT2D eigenvalue weighted by Crippen LogP contribution is 2.30. The molecular weight excluding hydrogens is 537 g/mol. The van der Waals surface area contributed by atoms with E-state index in [-0.39, 0.29) is 28.2 Å². The summed E-state index contributed by atoms with van der Waals surface area (Å²) in [7, 11) is 0. The molecule has 2 amide bonds. The van der Waals surface area contributed by atoms with E-state index in [1.807, 2.05) is 5.32 Å². The van der Waals surface area contributed by atoms with Crippen LogP contribution in [0.2, 0.25) is 15.1 Å². The Morgan fingerprint density at radius 2 is 1.42 bits per heavy atom. The number of hydrogen-bond donors (Lipinski definition) is 5. The molecule has 1 aromatic heterocycles. The molecule has 0 bridgehead atoms. The van der Waals surface area contributed by atoms with Gasteiger partial charge in [0.1, 0.15) is 17.7 Å². The van der Waals surface area contributed by atoms with Gasteiger partial charge in [-0.3, -0.25) is 23.7 Å². The van der Waals surface area contributed by atoms with Gasteiger partial charge in [0.15, 0.2) is 5.75 Å². The first-order valence-corrected chi connectivity index (χ1v) is 11.3. The number of aromatic nitrogens is 1. The lowest BCUT2D eigenvalue weighted by molar-refractivity contribution is -0.135. The van der Waals surface area contributed by atoms with E-state index >= 15 is 0 Å². The Balaban J connectivity index is 2.10. The molecule has 0 aliphatic rings. The number of benzene rings is 2. The summed E-state index contributed by atoms with van der Waals surface area (Å²) in [6.07, 6.45) is 0. The molecule has 0 atom stereocenters. The molecule has 0 spiro atoms. The molecule has 36 heavy (non-hydrogen) atoms. The highest BCUT2D eigenvalue weighted by Gasteiger charge is 2.30. The predicted octanol–water partition coefficient (Wildman–Crippen LogP) is 3.01. The number of aromatic hydroxyl groups is 2. The molecule has 3 rings (SSSR count). The number of amides is 2. The SMILES string of the molecule is O=C(O)CNC(=O)c1c(O)c(C(=O)NCc2c(Cl)cccc2Cl)c(O)n(Cc2ccccc2Cl)c1=O. The largest absolute Gasteiger partial charge is 0.506 e. The smallest absolute Gasteiger partial charge is 0.322 e. The second-order valence-corrected chi connectivity index (χ2v) is 8.59. The summed E-state index contributed by atoms with van der Waals surface area (Å²) in [5.74, 6) is -5.83. The lowest BCUT2D eigenvalue weighted by Crippen LogP contribution is -2.37. The zero-order valence-electron chi connectivity index (χ0n) is 18.2. The van der Waals surface area contributed by atoms with E-state index in [4.69, 9.17) is 39.9 Å². The maximum atomic E-state index is 13.1. The fraction of sp³-hybridized carbons (Fsp3) is 0.130. The van der Waals surface area contributed by atoms with Gasteiger partial charge in [0.05, 0.1) is 6.54 Å². The number of carbonyl (C=O) groups excluding carboxylic acids is 2. The Morgan fingerprint density at radius 3 is 2.03 bits per heavy atom. The fourth-order valence-electron chi connectivity index (χ4n) is 3.26. The number of aliphatic carboxylic acids is 1. The van der Waals surface area contributed by atoms with E-state index in [0.717, 1.165) is 0 Å². The Kier molecular flexibility index (Phi) is 8.46. The van der Waals surface area contributed by atoms with Gasteiger partial charge in [-0.05, 0) is 23.8 Å². The van der Waals surface area contributed by atoms with Crippen LogP contribution >= 0.6 is 34.8 Å². The van der Waals surface area contributed by atoms with Crippen molar-refractivity contribution >= 4 is 52.6 Å². The third-order valence-corrected chi connectivity index (χ3v) is 6.12. The van der Waals surface area contributed by atoms with Crippen LogP contribution < -0.4 is 16.2 Å². The molecule has 10 nitrogen and oxygen atoms in total. The van der Waals surface area contributed by atoms with E-state index in [0.29, 0.717) is 15.7 Å². The normalized spacial score (nSPS) is 10.6. The van der Waals surface area contributed by atoms with Crippen molar-refractivity contribution in [1.29, 1.82) is 0 Å². The minimum atomic E-state index is -1.41. The maximum Gasteiger partial charge on any atom is 0.322 e. The molecule has 5 N–H and O–H groups in total. The van der Waals surface area contributed by atoms with Crippen molar-refractivity contribution in [3.8, 4) is 11.6 Å². The van der Waals surface area contributed by atoms with Crippen molar-refractivity contribution in [3.05, 3.63) is 90.1 Å². The second-order valence-electron chi connectivity index (χ2n) is 7.36. The van der Waals surface area contributed by atoms with Crippen LogP contribution in [0.4, 0.5) is 0 Å². The van der Waals surface area contributed by atoms with Gasteiger partial charge in [0.25, 0.3) is 17.4 Å². The first-order chi connectivity index (χ1) is 17.0. The summed E-state index contributed by atoms with van der Waals surface area (Å²) < 4.78 is 0.661. The number of nitrogens with one attached hydrogen (secondary N) is 2. The zero-order valence-corrected chi connectivity index (χ0v) is 20.5. The molecule has 0 saturated carbocycles. The Labute approximate surface area is 218 Å². The number of carboxylic acids is 1. The lowest BCUT2D eigenvalue weighted by atomic mass is 10.1. The summed E-state index contributed by atoms with van der Waals surface area (Å²) in [5, 5.41) is 35.4. The molecule has 0 aliphatic heterocycles. The number of hydrogen-bond acceptors (Lipinski definition) is 6. The summed E-state index contributed by atoms with van der Waals surface area (Å²) in [6.45, 7) is -1.46. The topological polar surface area (TPSA) is 158 Å². The van der Waals surface area contributed by atoms with E-state index in [9.17, 15) is 29.4 Å². The number of rotatable bonds is 8. The van der Waals surface area contributed by atoms with Gasteiger partial charge in [-0.1, -0.05) is 59.1 Å². The number of pyridine rings is 1. The average molecular weight is 555 g/mol. The number of halogens is 3. The van der Waals surface area contributed by atoms with Crippen LogP contribution in [0.25, 0.3) is 0 Å². The van der Waals surface area contributed by atoms with Gasteiger partial charge in [-0.15, -0.1) is 0 Å². The first kappa shape index (κ1) is 26.9. The summed E-state index contributed by atoms with van der Waals surface area (Å²) >= 11 is 18.4. The van der Waals surface area contributed by atoms with Crippen LogP contribution in [0.5, 0.6) is 11.6 Å². The zero-order chi connectivity index (χ0) is 26.6. The lowest BCUT2D eigenvalue weighted by Gasteiger charge is -2.17. The van der Waals surface area contributed by atoms with Crippen molar-refractivity contribution in [2.24, 2.45) is 0 Å². The maximum absolute atomic E-state index is 13.1. The Hall–Kier alpha value is -3.73. The highest BCUT2D eigenvalue weighted by atomic mass is 35.5. The number of carbonyl (C=O) groups is 3. The fourth-order valence-corrected chi connectivity index (χ4v) is 3.98. The highest BCUT2D eigenvalue weighted by molar-refractivity contribution is 6.36. The molecule has 0 saturated heterocycles. The van der Waals surface area contributed by atoms with Crippen LogP contribution in [0.3, 0.4) is 0 Å². The molecule has 0 fully saturated rings. The molecule has 0 aliphatic carbocycles. The van der Waals surface area contributed by atoms with Crippen molar-refractivity contribution in [3.63, 3.8) is 0 Å². The van der Waals surface area contributed by atoms with Gasteiger partial charge in [0, 0.05) is 27.2 Å². The van der Waals surface area contributed by atoms with Gasteiger partial charge >= 0.3 is 5.97 Å². The molecular formula is C23H18Cl3N3O7. The minimum Gasteiger partial charge on any atom is -0.506 e. The van der Waals surface area contributed by atoms with Crippen molar-refractivity contribution in [1.82, 2.24) is 15.2 Å². The third kappa shape index (κ3) is 5.73. The Morgan fingerprint density at radius 1 is 0.833 bits per heavy atom. The van der Waals surface area contributed by atoms with Gasteiger partial charge in [-0.2, -0.15) is 0 Å². The Bertz CT molecular complexity index is 1400. The average Bonchev–Trinajstić information content (AvgIpc) is 2.81. The van der Waals surface area contributed by atoms with Gasteiger partial charge in [0.2, 0.25) is 5.88 Å². The molecule has 1 heterocycles. The van der Waals surface area contributed by atoms with Crippen LogP contribution in [0.1, 0.15) is 31.8 Å². The van der Waals surface area contributed by atoms with E-state index in [1.54, 1.807) is 36.4 Å². The van der Waals surface area contributed by atoms with Crippen LogP contribution in [0, 0.1) is 0 Å². The van der Waals surface area contributed by atoms with Crippen LogP contribution in [-0.4, -0.2) is 44.2 Å². The van der Waals surface area contributed by atoms with Crippen molar-refractivity contribution in [2.75, 3.05) is 6.54 Å². The summed E-state index contributed by atoms with van der Waals surface area (Å²) in [4.78, 5) is 49.6. The summed E-state index contributed by atoms with van der Waals surface area (Å²) in [6, 6.07) is 11.0. The number of carboxylic acid groups (broad SMARTS) is 1. The molecule has 13 heteroatoms. The number of nitrogens with zero attached hydrogens (tertiary/aromatic N) is 1. The monoisotopic (exact) mass is 553 g/mol. The third-order valence-electron chi connectivity index (χ3n) is 5.04. The van der Waals surface area contributed by atoms with E-state index in [1.165, 1.54) is 6.07 Å². The minimum absolute atomic E-state index is 0.222. The van der Waals surface area contributed by atoms with Gasteiger partial charge in [-0.25, -0.2) is 0 Å². The molecule has 188 valence electrons. The van der Waals surface area contributed by atoms with Gasteiger partial charge < -0.3 is 26.0 Å².